The van der Waals surface area contributed by atoms with Gasteiger partial charge in [-0.1, -0.05) is 0 Å². The molecule has 0 saturated heterocycles. The quantitative estimate of drug-likeness (QED) is 0.724. The van der Waals surface area contributed by atoms with Gasteiger partial charge in [-0.2, -0.15) is 0 Å². The summed E-state index contributed by atoms with van der Waals surface area (Å²) in [6.07, 6.45) is 1.70. The van der Waals surface area contributed by atoms with Crippen molar-refractivity contribution in [2.24, 2.45) is 0 Å². The third-order valence-electron chi connectivity index (χ3n) is 2.10. The molecule has 1 aromatic rings. The molecule has 2 rings (SSSR count). The van der Waals surface area contributed by atoms with E-state index < -0.39 is 0 Å². The zero-order valence-electron chi connectivity index (χ0n) is 7.68. The number of H-pyrrole nitrogens is 1. The van der Waals surface area contributed by atoms with Crippen LogP contribution in [0.3, 0.4) is 0 Å². The third kappa shape index (κ3) is 1.78. The number of carbonyl (C=O) groups is 2. The standard InChI is InChI=1S/C10H4Br3NO2/c11-6-5(4-2-1-3-14-4)9(15)7(12)8(13)10(6)16/h1-3,14H. The number of allylic oxidation sites excluding steroid dienone is 4. The number of Topliss-reactive ketones (excluding diaryl/α,β-unsaturated/α-hetero) is 2. The van der Waals surface area contributed by atoms with Crippen molar-refractivity contribution in [1.29, 1.82) is 0 Å². The van der Waals surface area contributed by atoms with Crippen molar-refractivity contribution in [2.75, 3.05) is 0 Å². The lowest BCUT2D eigenvalue weighted by Crippen LogP contribution is -2.16. The molecule has 0 atom stereocenters. The highest BCUT2D eigenvalue weighted by atomic mass is 79.9. The van der Waals surface area contributed by atoms with E-state index in [0.29, 0.717) is 11.3 Å². The van der Waals surface area contributed by atoms with Crippen LogP contribution in [0.2, 0.25) is 0 Å². The summed E-state index contributed by atoms with van der Waals surface area (Å²) >= 11 is 9.34. The molecule has 0 spiro atoms. The SMILES string of the molecule is O=C1C(Br)=C(Br)C(=O)C(c2ccc[nH]2)=C1Br. The van der Waals surface area contributed by atoms with E-state index in [1.807, 2.05) is 0 Å². The van der Waals surface area contributed by atoms with E-state index >= 15 is 0 Å². The minimum absolute atomic E-state index is 0.235. The number of ketones is 2. The monoisotopic (exact) mass is 407 g/mol. The van der Waals surface area contributed by atoms with Crippen LogP contribution in [-0.4, -0.2) is 16.6 Å². The summed E-state index contributed by atoms with van der Waals surface area (Å²) in [6.45, 7) is 0. The summed E-state index contributed by atoms with van der Waals surface area (Å²) in [5, 5.41) is 0. The van der Waals surface area contributed by atoms with Crippen molar-refractivity contribution < 1.29 is 9.59 Å². The fourth-order valence-electron chi connectivity index (χ4n) is 1.35. The Labute approximate surface area is 116 Å². The van der Waals surface area contributed by atoms with E-state index in [-0.39, 0.29) is 25.0 Å². The van der Waals surface area contributed by atoms with Gasteiger partial charge in [-0.05, 0) is 59.9 Å². The Morgan fingerprint density at radius 3 is 2.12 bits per heavy atom. The van der Waals surface area contributed by atoms with Crippen LogP contribution < -0.4 is 0 Å². The molecule has 0 aliphatic heterocycles. The van der Waals surface area contributed by atoms with Crippen LogP contribution in [0.4, 0.5) is 0 Å². The Morgan fingerprint density at radius 1 is 0.938 bits per heavy atom. The molecule has 3 nitrogen and oxygen atoms in total. The highest BCUT2D eigenvalue weighted by Gasteiger charge is 2.32. The normalized spacial score (nSPS) is 17.4. The Hall–Kier alpha value is -0.460. The topological polar surface area (TPSA) is 49.9 Å². The molecule has 0 aromatic carbocycles. The van der Waals surface area contributed by atoms with Crippen molar-refractivity contribution in [2.45, 2.75) is 0 Å². The van der Waals surface area contributed by atoms with E-state index in [1.165, 1.54) is 0 Å². The number of rotatable bonds is 1. The average Bonchev–Trinajstić information content (AvgIpc) is 2.77. The Balaban J connectivity index is 2.62. The molecule has 1 heterocycles. The van der Waals surface area contributed by atoms with Crippen LogP contribution in [0.5, 0.6) is 0 Å². The van der Waals surface area contributed by atoms with Gasteiger partial charge in [-0.3, -0.25) is 9.59 Å². The number of nitrogens with one attached hydrogen (secondary N) is 1. The van der Waals surface area contributed by atoms with Gasteiger partial charge < -0.3 is 4.98 Å². The van der Waals surface area contributed by atoms with Gasteiger partial charge in [0.1, 0.15) is 0 Å². The lowest BCUT2D eigenvalue weighted by molar-refractivity contribution is -0.113. The van der Waals surface area contributed by atoms with Gasteiger partial charge >= 0.3 is 0 Å². The van der Waals surface area contributed by atoms with E-state index in [1.54, 1.807) is 18.3 Å². The van der Waals surface area contributed by atoms with Gasteiger partial charge in [0.05, 0.1) is 24.7 Å². The second-order valence-electron chi connectivity index (χ2n) is 3.06. The molecule has 1 aliphatic rings. The van der Waals surface area contributed by atoms with Crippen LogP contribution in [0.1, 0.15) is 5.69 Å². The predicted octanol–water partition coefficient (Wildman–Crippen LogP) is 3.27. The van der Waals surface area contributed by atoms with Gasteiger partial charge in [0.25, 0.3) is 0 Å². The Bertz CT molecular complexity index is 540. The minimum atomic E-state index is -0.254. The van der Waals surface area contributed by atoms with Crippen molar-refractivity contribution in [3.05, 3.63) is 37.5 Å². The number of halogens is 3. The van der Waals surface area contributed by atoms with E-state index in [9.17, 15) is 9.59 Å². The molecule has 1 N–H and O–H groups in total. The molecule has 1 aromatic heterocycles. The second-order valence-corrected chi connectivity index (χ2v) is 5.44. The first-order valence-corrected chi connectivity index (χ1v) is 6.60. The molecule has 82 valence electrons. The molecule has 6 heteroatoms. The highest BCUT2D eigenvalue weighted by molar-refractivity contribution is 9.15. The zero-order chi connectivity index (χ0) is 11.9. The number of aromatic amines is 1. The lowest BCUT2D eigenvalue weighted by Gasteiger charge is -2.14. The summed E-state index contributed by atoms with van der Waals surface area (Å²) in [4.78, 5) is 26.7. The third-order valence-corrected chi connectivity index (χ3v) is 4.91. The van der Waals surface area contributed by atoms with Crippen LogP contribution in [0, 0.1) is 0 Å². The van der Waals surface area contributed by atoms with E-state index in [0.717, 1.165) is 0 Å². The maximum atomic E-state index is 12.0. The maximum Gasteiger partial charge on any atom is 0.209 e. The van der Waals surface area contributed by atoms with E-state index in [4.69, 9.17) is 0 Å². The van der Waals surface area contributed by atoms with Crippen molar-refractivity contribution in [1.82, 2.24) is 4.98 Å². The van der Waals surface area contributed by atoms with E-state index in [2.05, 4.69) is 52.8 Å². The van der Waals surface area contributed by atoms with Crippen molar-refractivity contribution in [3.63, 3.8) is 0 Å². The molecule has 0 radical (unpaired) electrons. The Morgan fingerprint density at radius 2 is 1.56 bits per heavy atom. The van der Waals surface area contributed by atoms with Crippen LogP contribution in [-0.2, 0) is 9.59 Å². The van der Waals surface area contributed by atoms with Gasteiger partial charge in [-0.15, -0.1) is 0 Å². The highest BCUT2D eigenvalue weighted by Crippen LogP contribution is 2.37. The molecule has 1 aliphatic carbocycles. The van der Waals surface area contributed by atoms with Crippen molar-refractivity contribution >= 4 is 64.9 Å². The first kappa shape index (κ1) is 12.0. The summed E-state index contributed by atoms with van der Waals surface area (Å²) < 4.78 is 0.736. The summed E-state index contributed by atoms with van der Waals surface area (Å²) in [7, 11) is 0. The molecular formula is C10H4Br3NO2. The first-order chi connectivity index (χ1) is 7.54. The van der Waals surface area contributed by atoms with Crippen LogP contribution in [0.25, 0.3) is 5.57 Å². The number of carbonyl (C=O) groups excluding carboxylic acids is 2. The largest absolute Gasteiger partial charge is 0.361 e. The van der Waals surface area contributed by atoms with Gasteiger partial charge in [0.15, 0.2) is 0 Å². The molecular weight excluding hydrogens is 406 g/mol. The van der Waals surface area contributed by atoms with Gasteiger partial charge in [-0.25, -0.2) is 0 Å². The average molecular weight is 410 g/mol. The molecule has 0 bridgehead atoms. The maximum absolute atomic E-state index is 12.0. The smallest absolute Gasteiger partial charge is 0.209 e. The van der Waals surface area contributed by atoms with Crippen molar-refractivity contribution in [3.8, 4) is 0 Å². The Kier molecular flexibility index (Phi) is 3.32. The lowest BCUT2D eigenvalue weighted by atomic mass is 10.0. The summed E-state index contributed by atoms with van der Waals surface area (Å²) in [6, 6.07) is 3.50. The number of hydrogen-bond acceptors (Lipinski definition) is 2. The zero-order valence-corrected chi connectivity index (χ0v) is 12.4. The number of aromatic nitrogens is 1. The minimum Gasteiger partial charge on any atom is -0.361 e. The second kappa shape index (κ2) is 4.43. The fraction of sp³-hybridized carbons (Fsp3) is 0. The van der Waals surface area contributed by atoms with Gasteiger partial charge in [0.2, 0.25) is 11.6 Å². The predicted molar refractivity (Wildman–Crippen MR) is 71.5 cm³/mol. The molecule has 0 amide bonds. The number of hydrogen-bond donors (Lipinski definition) is 1. The molecule has 0 fully saturated rings. The molecule has 0 saturated carbocycles. The summed E-state index contributed by atoms with van der Waals surface area (Å²) in [5.41, 5.74) is 0.951. The van der Waals surface area contributed by atoms with Gasteiger partial charge in [0, 0.05) is 6.20 Å². The molecule has 16 heavy (non-hydrogen) atoms. The first-order valence-electron chi connectivity index (χ1n) is 4.22. The fourth-order valence-corrected chi connectivity index (χ4v) is 2.96. The van der Waals surface area contributed by atoms with Crippen LogP contribution >= 0.6 is 47.8 Å². The molecule has 0 unspecified atom stereocenters. The summed E-state index contributed by atoms with van der Waals surface area (Å²) in [5.74, 6) is -0.489. The van der Waals surface area contributed by atoms with Crippen LogP contribution in [0.15, 0.2) is 31.8 Å².